The zero-order valence-electron chi connectivity index (χ0n) is 19.1. The molecule has 0 spiro atoms. The van der Waals surface area contributed by atoms with E-state index in [0.717, 1.165) is 11.3 Å². The lowest BCUT2D eigenvalue weighted by molar-refractivity contribution is 0.0560. The van der Waals surface area contributed by atoms with Crippen LogP contribution in [0.5, 0.6) is 11.5 Å². The third kappa shape index (κ3) is 4.61. The summed E-state index contributed by atoms with van der Waals surface area (Å²) in [4.78, 5) is 26.4. The number of hydrogen-bond donors (Lipinski definition) is 1. The lowest BCUT2D eigenvalue weighted by atomic mass is 10.0. The lowest BCUT2D eigenvalue weighted by Crippen LogP contribution is -2.42. The van der Waals surface area contributed by atoms with Crippen LogP contribution in [0.1, 0.15) is 45.3 Å². The van der Waals surface area contributed by atoms with Gasteiger partial charge in [-0.15, -0.1) is 6.58 Å². The Labute approximate surface area is 197 Å². The molecule has 8 nitrogen and oxygen atoms in total. The molecule has 3 aromatic rings. The fourth-order valence-electron chi connectivity index (χ4n) is 3.78. The molecule has 0 fully saturated rings. The maximum atomic E-state index is 13.1. The van der Waals surface area contributed by atoms with Crippen LogP contribution in [0, 0.1) is 0 Å². The highest BCUT2D eigenvalue weighted by Crippen LogP contribution is 2.37. The van der Waals surface area contributed by atoms with E-state index in [4.69, 9.17) is 13.9 Å². The summed E-state index contributed by atoms with van der Waals surface area (Å²) in [5.74, 6) is 1.01. The molecule has 1 aliphatic heterocycles. The number of amides is 1. The monoisotopic (exact) mass is 462 g/mol. The minimum Gasteiger partial charge on any atom is -0.490 e. The molecule has 0 aliphatic carbocycles. The standard InChI is InChI=1S/C26H26N2O6/c1-4-14-28-24(27-20-9-7-6-8-19(20)25(28)29)17-10-12-21(23(15-17)32-5-2)33-16-18-11-13-22(34-18)26(30)31-3/h4,6-13,15,24,27H,1,5,14,16H2,2-3H3. The maximum absolute atomic E-state index is 13.1. The number of anilines is 1. The summed E-state index contributed by atoms with van der Waals surface area (Å²) >= 11 is 0. The quantitative estimate of drug-likeness (QED) is 0.361. The van der Waals surface area contributed by atoms with Gasteiger partial charge in [-0.25, -0.2) is 4.79 Å². The van der Waals surface area contributed by atoms with Gasteiger partial charge in [0, 0.05) is 12.2 Å². The number of rotatable bonds is 9. The van der Waals surface area contributed by atoms with Crippen LogP contribution in [0.15, 0.2) is 71.7 Å². The van der Waals surface area contributed by atoms with Crippen molar-refractivity contribution in [3.05, 3.63) is 89.9 Å². The van der Waals surface area contributed by atoms with Gasteiger partial charge in [0.15, 0.2) is 11.5 Å². The van der Waals surface area contributed by atoms with Gasteiger partial charge in [0.25, 0.3) is 5.91 Å². The van der Waals surface area contributed by atoms with Crippen molar-refractivity contribution in [1.29, 1.82) is 0 Å². The Morgan fingerprint density at radius 2 is 1.97 bits per heavy atom. The first-order valence-electron chi connectivity index (χ1n) is 10.9. The van der Waals surface area contributed by atoms with E-state index in [9.17, 15) is 9.59 Å². The van der Waals surface area contributed by atoms with E-state index in [2.05, 4.69) is 16.6 Å². The van der Waals surface area contributed by atoms with Crippen LogP contribution in [0.25, 0.3) is 0 Å². The molecule has 1 aliphatic rings. The minimum atomic E-state index is -0.550. The van der Waals surface area contributed by atoms with Gasteiger partial charge in [0.05, 0.1) is 19.3 Å². The number of nitrogens with zero attached hydrogens (tertiary/aromatic N) is 1. The number of carbonyl (C=O) groups is 2. The van der Waals surface area contributed by atoms with Crippen molar-refractivity contribution < 1.29 is 28.2 Å². The number of nitrogens with one attached hydrogen (secondary N) is 1. The molecule has 1 aromatic heterocycles. The van der Waals surface area contributed by atoms with Gasteiger partial charge >= 0.3 is 5.97 Å². The Morgan fingerprint density at radius 3 is 2.74 bits per heavy atom. The minimum absolute atomic E-state index is 0.0724. The lowest BCUT2D eigenvalue weighted by Gasteiger charge is -2.37. The second kappa shape index (κ2) is 10.2. The van der Waals surface area contributed by atoms with Crippen molar-refractivity contribution in [1.82, 2.24) is 4.90 Å². The largest absolute Gasteiger partial charge is 0.490 e. The van der Waals surface area contributed by atoms with Crippen molar-refractivity contribution in [2.75, 3.05) is 25.6 Å². The van der Waals surface area contributed by atoms with E-state index in [1.165, 1.54) is 13.2 Å². The van der Waals surface area contributed by atoms with Crippen molar-refractivity contribution in [2.45, 2.75) is 19.7 Å². The highest BCUT2D eigenvalue weighted by atomic mass is 16.5. The van der Waals surface area contributed by atoms with Crippen LogP contribution in [0.3, 0.4) is 0 Å². The molecule has 2 aromatic carbocycles. The van der Waals surface area contributed by atoms with Gasteiger partial charge < -0.3 is 28.8 Å². The molecule has 0 saturated carbocycles. The van der Waals surface area contributed by atoms with E-state index in [-0.39, 0.29) is 18.3 Å². The summed E-state index contributed by atoms with van der Waals surface area (Å²) in [5, 5.41) is 3.45. The normalized spacial score (nSPS) is 14.7. The van der Waals surface area contributed by atoms with E-state index < -0.39 is 12.1 Å². The Bertz CT molecular complexity index is 1200. The maximum Gasteiger partial charge on any atom is 0.373 e. The third-order valence-corrected chi connectivity index (χ3v) is 5.35. The number of hydrogen-bond acceptors (Lipinski definition) is 7. The Kier molecular flexibility index (Phi) is 6.87. The molecule has 176 valence electrons. The molecule has 0 radical (unpaired) electrons. The first kappa shape index (κ1) is 23.0. The summed E-state index contributed by atoms with van der Waals surface area (Å²) < 4.78 is 21.9. The first-order chi connectivity index (χ1) is 16.5. The summed E-state index contributed by atoms with van der Waals surface area (Å²) in [6.07, 6.45) is 1.30. The molecule has 1 unspecified atom stereocenters. The Morgan fingerprint density at radius 1 is 1.15 bits per heavy atom. The molecule has 4 rings (SSSR count). The molecule has 1 N–H and O–H groups in total. The van der Waals surface area contributed by atoms with Gasteiger partial charge in [0.2, 0.25) is 5.76 Å². The van der Waals surface area contributed by atoms with Crippen LogP contribution in [0.4, 0.5) is 5.69 Å². The summed E-state index contributed by atoms with van der Waals surface area (Å²) in [6.45, 7) is 6.61. The molecule has 0 bridgehead atoms. The molecule has 1 amide bonds. The van der Waals surface area contributed by atoms with E-state index >= 15 is 0 Å². The highest BCUT2D eigenvalue weighted by Gasteiger charge is 2.32. The van der Waals surface area contributed by atoms with E-state index in [1.807, 2.05) is 37.3 Å². The molecular formula is C26H26N2O6. The summed E-state index contributed by atoms with van der Waals surface area (Å²) in [5.41, 5.74) is 2.23. The predicted octanol–water partition coefficient (Wildman–Crippen LogP) is 4.80. The highest BCUT2D eigenvalue weighted by molar-refractivity contribution is 6.01. The molecule has 34 heavy (non-hydrogen) atoms. The van der Waals surface area contributed by atoms with Gasteiger partial charge in [-0.3, -0.25) is 4.79 Å². The average molecular weight is 463 g/mol. The molecule has 8 heteroatoms. The van der Waals surface area contributed by atoms with Crippen molar-refractivity contribution in [3.8, 4) is 11.5 Å². The van der Waals surface area contributed by atoms with Crippen LogP contribution >= 0.6 is 0 Å². The molecule has 2 heterocycles. The summed E-state index contributed by atoms with van der Waals surface area (Å²) in [6, 6.07) is 16.2. The third-order valence-electron chi connectivity index (χ3n) is 5.35. The van der Waals surface area contributed by atoms with Gasteiger partial charge in [-0.05, 0) is 48.9 Å². The van der Waals surface area contributed by atoms with Crippen molar-refractivity contribution >= 4 is 17.6 Å². The predicted molar refractivity (Wildman–Crippen MR) is 126 cm³/mol. The number of fused-ring (bicyclic) bond motifs is 1. The zero-order chi connectivity index (χ0) is 24.1. The van der Waals surface area contributed by atoms with Crippen molar-refractivity contribution in [2.24, 2.45) is 0 Å². The van der Waals surface area contributed by atoms with Gasteiger partial charge in [-0.1, -0.05) is 24.3 Å². The topological polar surface area (TPSA) is 90.2 Å². The molecule has 0 saturated heterocycles. The number of furan rings is 1. The number of benzene rings is 2. The number of esters is 1. The zero-order valence-corrected chi connectivity index (χ0v) is 19.1. The van der Waals surface area contributed by atoms with Crippen LogP contribution < -0.4 is 14.8 Å². The first-order valence-corrected chi connectivity index (χ1v) is 10.9. The number of para-hydroxylation sites is 1. The number of carbonyl (C=O) groups excluding carboxylic acids is 2. The van der Waals surface area contributed by atoms with Crippen LogP contribution in [-0.2, 0) is 11.3 Å². The second-order valence-electron chi connectivity index (χ2n) is 7.52. The number of methoxy groups -OCH3 is 1. The molecule has 1 atom stereocenters. The smallest absolute Gasteiger partial charge is 0.373 e. The van der Waals surface area contributed by atoms with Crippen LogP contribution in [0.2, 0.25) is 0 Å². The number of ether oxygens (including phenoxy) is 3. The van der Waals surface area contributed by atoms with Crippen molar-refractivity contribution in [3.63, 3.8) is 0 Å². The fraction of sp³-hybridized carbons (Fsp3) is 0.231. The van der Waals surface area contributed by atoms with E-state index in [1.54, 1.807) is 29.2 Å². The fourth-order valence-corrected chi connectivity index (χ4v) is 3.78. The average Bonchev–Trinajstić information content (AvgIpc) is 3.34. The summed E-state index contributed by atoms with van der Waals surface area (Å²) in [7, 11) is 1.29. The molecular weight excluding hydrogens is 436 g/mol. The van der Waals surface area contributed by atoms with Crippen LogP contribution in [-0.4, -0.2) is 37.0 Å². The Balaban J connectivity index is 1.59. The van der Waals surface area contributed by atoms with E-state index in [0.29, 0.717) is 36.0 Å². The van der Waals surface area contributed by atoms with Gasteiger partial charge in [0.1, 0.15) is 18.5 Å². The SMILES string of the molecule is C=CCN1C(=O)c2ccccc2NC1c1ccc(OCc2ccc(C(=O)OC)o2)c(OCC)c1. The van der Waals surface area contributed by atoms with Gasteiger partial charge in [-0.2, -0.15) is 0 Å². The second-order valence-corrected chi connectivity index (χ2v) is 7.52. The Hall–Kier alpha value is -4.20.